The molecule has 25 heavy (non-hydrogen) atoms. The van der Waals surface area contributed by atoms with Crippen LogP contribution in [0.3, 0.4) is 0 Å². The molecule has 0 saturated heterocycles. The van der Waals surface area contributed by atoms with Crippen molar-refractivity contribution in [2.24, 2.45) is 5.92 Å². The number of aliphatic hydroxyl groups excluding tert-OH is 3. The van der Waals surface area contributed by atoms with Gasteiger partial charge in [0, 0.05) is 0 Å². The lowest BCUT2D eigenvalue weighted by Crippen LogP contribution is -2.15. The van der Waals surface area contributed by atoms with Crippen LogP contribution in [0, 0.1) is 5.92 Å². The smallest absolute Gasteiger partial charge is 0.130 e. The fraction of sp³-hybridized carbons (Fsp3) is 0.524. The molecule has 0 bridgehead atoms. The molecule has 1 rings (SSSR count). The third kappa shape index (κ3) is 7.02. The van der Waals surface area contributed by atoms with Crippen molar-refractivity contribution in [3.05, 3.63) is 53.0 Å². The largest absolute Gasteiger partial charge is 0.459 e. The summed E-state index contributed by atoms with van der Waals surface area (Å²) < 4.78 is 5.52. The van der Waals surface area contributed by atoms with Gasteiger partial charge < -0.3 is 19.7 Å². The third-order valence-corrected chi connectivity index (χ3v) is 4.23. The van der Waals surface area contributed by atoms with Gasteiger partial charge in [0.25, 0.3) is 0 Å². The maximum Gasteiger partial charge on any atom is 0.130 e. The molecule has 0 saturated carbocycles. The van der Waals surface area contributed by atoms with Gasteiger partial charge >= 0.3 is 0 Å². The van der Waals surface area contributed by atoms with Crippen molar-refractivity contribution in [3.63, 3.8) is 0 Å². The van der Waals surface area contributed by atoms with Crippen LogP contribution in [0.25, 0.3) is 6.08 Å². The number of hydrogen-bond donors (Lipinski definition) is 3. The van der Waals surface area contributed by atoms with E-state index < -0.39 is 6.10 Å². The van der Waals surface area contributed by atoms with Gasteiger partial charge in [-0.1, -0.05) is 45.4 Å². The molecule has 0 radical (unpaired) electrons. The molecule has 1 aromatic rings. The average Bonchev–Trinajstić information content (AvgIpc) is 3.04. The van der Waals surface area contributed by atoms with Crippen molar-refractivity contribution >= 4 is 6.08 Å². The van der Waals surface area contributed by atoms with Crippen LogP contribution in [0.2, 0.25) is 0 Å². The number of rotatable bonds is 11. The summed E-state index contributed by atoms with van der Waals surface area (Å²) in [5, 5.41) is 28.9. The Kier molecular flexibility index (Phi) is 9.50. The van der Waals surface area contributed by atoms with E-state index in [0.29, 0.717) is 12.2 Å². The molecule has 4 heteroatoms. The molecule has 0 aliphatic rings. The molecule has 3 N–H and O–H groups in total. The Balaban J connectivity index is 2.81. The SMILES string of the molecule is C=C(/C(=C/CO)C(O)CC/C(=C/c1ccc(CO)o1)CCC)C(C)C. The second kappa shape index (κ2) is 11.1. The van der Waals surface area contributed by atoms with Gasteiger partial charge in [0.15, 0.2) is 0 Å². The molecule has 140 valence electrons. The van der Waals surface area contributed by atoms with Crippen molar-refractivity contribution in [1.29, 1.82) is 0 Å². The molecule has 0 spiro atoms. The normalized spacial score (nSPS) is 14.2. The second-order valence-electron chi connectivity index (χ2n) is 6.59. The lowest BCUT2D eigenvalue weighted by molar-refractivity contribution is 0.199. The van der Waals surface area contributed by atoms with E-state index in [4.69, 9.17) is 9.52 Å². The zero-order valence-electron chi connectivity index (χ0n) is 15.7. The van der Waals surface area contributed by atoms with Crippen molar-refractivity contribution in [1.82, 2.24) is 0 Å². The first kappa shape index (κ1) is 21.4. The zero-order chi connectivity index (χ0) is 18.8. The average molecular weight is 348 g/mol. The first-order chi connectivity index (χ1) is 11.9. The van der Waals surface area contributed by atoms with E-state index in [1.54, 1.807) is 12.1 Å². The Morgan fingerprint density at radius 3 is 2.48 bits per heavy atom. The van der Waals surface area contributed by atoms with E-state index in [1.807, 2.05) is 26.0 Å². The van der Waals surface area contributed by atoms with Crippen LogP contribution < -0.4 is 0 Å². The lowest BCUT2D eigenvalue weighted by atomic mass is 9.89. The Morgan fingerprint density at radius 1 is 1.24 bits per heavy atom. The first-order valence-electron chi connectivity index (χ1n) is 9.00. The standard InChI is InChI=1S/C21H32O4/c1-5-6-17(13-18-8-9-19(14-23)25-18)7-10-21(24)20(11-12-22)16(4)15(2)3/h8-9,11,13,15,21-24H,4-7,10,12,14H2,1-3H3/b17-13+,20-11-. The summed E-state index contributed by atoms with van der Waals surface area (Å²) in [6.07, 6.45) is 6.22. The van der Waals surface area contributed by atoms with E-state index >= 15 is 0 Å². The monoisotopic (exact) mass is 348 g/mol. The van der Waals surface area contributed by atoms with Crippen LogP contribution >= 0.6 is 0 Å². The number of allylic oxidation sites excluding steroid dienone is 1. The minimum Gasteiger partial charge on any atom is -0.459 e. The highest BCUT2D eigenvalue weighted by atomic mass is 16.4. The molecule has 0 aromatic carbocycles. The molecule has 0 amide bonds. The second-order valence-corrected chi connectivity index (χ2v) is 6.59. The first-order valence-corrected chi connectivity index (χ1v) is 9.00. The van der Waals surface area contributed by atoms with Crippen LogP contribution in [-0.2, 0) is 6.61 Å². The van der Waals surface area contributed by atoms with Gasteiger partial charge in [-0.15, -0.1) is 0 Å². The minimum atomic E-state index is -0.646. The molecule has 1 unspecified atom stereocenters. The maximum absolute atomic E-state index is 10.6. The van der Waals surface area contributed by atoms with Gasteiger partial charge in [0.05, 0.1) is 12.7 Å². The molecule has 1 heterocycles. The summed E-state index contributed by atoms with van der Waals surface area (Å²) >= 11 is 0. The van der Waals surface area contributed by atoms with Gasteiger partial charge in [-0.25, -0.2) is 0 Å². The van der Waals surface area contributed by atoms with Crippen LogP contribution in [0.15, 0.2) is 45.9 Å². The fourth-order valence-corrected chi connectivity index (χ4v) is 2.74. The van der Waals surface area contributed by atoms with Gasteiger partial charge in [-0.2, -0.15) is 0 Å². The summed E-state index contributed by atoms with van der Waals surface area (Å²) in [5.74, 6) is 1.49. The van der Waals surface area contributed by atoms with E-state index in [-0.39, 0.29) is 19.1 Å². The topological polar surface area (TPSA) is 73.8 Å². The Labute approximate surface area is 151 Å². The molecule has 0 aliphatic carbocycles. The van der Waals surface area contributed by atoms with E-state index in [9.17, 15) is 10.2 Å². The minimum absolute atomic E-state index is 0.105. The quantitative estimate of drug-likeness (QED) is 0.523. The summed E-state index contributed by atoms with van der Waals surface area (Å²) in [5.41, 5.74) is 2.79. The molecule has 0 aliphatic heterocycles. The number of hydrogen-bond acceptors (Lipinski definition) is 4. The van der Waals surface area contributed by atoms with Gasteiger partial charge in [0.1, 0.15) is 18.1 Å². The van der Waals surface area contributed by atoms with Crippen LogP contribution in [0.5, 0.6) is 0 Å². The lowest BCUT2D eigenvalue weighted by Gasteiger charge is -2.20. The van der Waals surface area contributed by atoms with Crippen LogP contribution in [0.1, 0.15) is 58.0 Å². The summed E-state index contributed by atoms with van der Waals surface area (Å²) in [6.45, 7) is 10.00. The van der Waals surface area contributed by atoms with Gasteiger partial charge in [0.2, 0.25) is 0 Å². The predicted octanol–water partition coefficient (Wildman–Crippen LogP) is 4.23. The van der Waals surface area contributed by atoms with Crippen molar-refractivity contribution < 1.29 is 19.7 Å². The molecular formula is C21H32O4. The van der Waals surface area contributed by atoms with Gasteiger partial charge in [-0.3, -0.25) is 0 Å². The Bertz CT molecular complexity index is 593. The van der Waals surface area contributed by atoms with Gasteiger partial charge in [-0.05, 0) is 54.5 Å². The molecule has 1 atom stereocenters. The van der Waals surface area contributed by atoms with E-state index in [0.717, 1.165) is 36.2 Å². The van der Waals surface area contributed by atoms with Crippen LogP contribution in [0.4, 0.5) is 0 Å². The Morgan fingerprint density at radius 2 is 1.96 bits per heavy atom. The Hall–Kier alpha value is -1.62. The molecular weight excluding hydrogens is 316 g/mol. The highest BCUT2D eigenvalue weighted by Crippen LogP contribution is 2.26. The molecule has 4 nitrogen and oxygen atoms in total. The van der Waals surface area contributed by atoms with Crippen molar-refractivity contribution in [3.8, 4) is 0 Å². The summed E-state index contributed by atoms with van der Waals surface area (Å²) in [6, 6.07) is 3.61. The van der Waals surface area contributed by atoms with E-state index in [2.05, 4.69) is 13.5 Å². The maximum atomic E-state index is 10.6. The van der Waals surface area contributed by atoms with Crippen LogP contribution in [-0.4, -0.2) is 28.0 Å². The molecule has 1 aromatic heterocycles. The summed E-state index contributed by atoms with van der Waals surface area (Å²) in [7, 11) is 0. The molecule has 0 fully saturated rings. The van der Waals surface area contributed by atoms with Crippen molar-refractivity contribution in [2.45, 2.75) is 59.2 Å². The van der Waals surface area contributed by atoms with Crippen molar-refractivity contribution in [2.75, 3.05) is 6.61 Å². The number of aliphatic hydroxyl groups is 3. The highest BCUT2D eigenvalue weighted by Gasteiger charge is 2.16. The van der Waals surface area contributed by atoms with E-state index in [1.165, 1.54) is 5.57 Å². The summed E-state index contributed by atoms with van der Waals surface area (Å²) in [4.78, 5) is 0. The number of furan rings is 1. The zero-order valence-corrected chi connectivity index (χ0v) is 15.7. The third-order valence-electron chi connectivity index (χ3n) is 4.23. The predicted molar refractivity (Wildman–Crippen MR) is 102 cm³/mol. The fourth-order valence-electron chi connectivity index (χ4n) is 2.74. The highest BCUT2D eigenvalue weighted by molar-refractivity contribution is 5.47.